The van der Waals surface area contributed by atoms with E-state index >= 15 is 0 Å². The maximum absolute atomic E-state index is 14.1. The maximum atomic E-state index is 14.1. The van der Waals surface area contributed by atoms with E-state index in [1.807, 2.05) is 60.7 Å². The van der Waals surface area contributed by atoms with Crippen LogP contribution in [0.1, 0.15) is 34.1 Å². The predicted molar refractivity (Wildman–Crippen MR) is 169 cm³/mol. The highest BCUT2D eigenvalue weighted by Crippen LogP contribution is 2.44. The first-order valence-electron chi connectivity index (χ1n) is 13.6. The molecule has 2 atom stereocenters. The van der Waals surface area contributed by atoms with Crippen molar-refractivity contribution in [3.05, 3.63) is 120 Å². The van der Waals surface area contributed by atoms with Crippen LogP contribution in [0, 0.1) is 6.92 Å². The van der Waals surface area contributed by atoms with Crippen LogP contribution < -0.4 is 21.9 Å². The molecule has 2 amide bonds. The van der Waals surface area contributed by atoms with Crippen molar-refractivity contribution in [1.29, 1.82) is 0 Å². The van der Waals surface area contributed by atoms with Crippen LogP contribution in [0.15, 0.2) is 86.5 Å². The van der Waals surface area contributed by atoms with Crippen molar-refractivity contribution in [3.8, 4) is 0 Å². The first-order valence-corrected chi connectivity index (χ1v) is 15.6. The van der Waals surface area contributed by atoms with E-state index in [2.05, 4.69) is 15.5 Å². The van der Waals surface area contributed by atoms with E-state index in [1.165, 1.54) is 36.1 Å². The Morgan fingerprint density at radius 2 is 1.69 bits per heavy atom. The van der Waals surface area contributed by atoms with Gasteiger partial charge in [0.2, 0.25) is 10.9 Å². The Bertz CT molecular complexity index is 1910. The average Bonchev–Trinajstić information content (AvgIpc) is 3.50. The number of carbonyl (C=O) groups excluding carboxylic acids is 3. The lowest BCUT2D eigenvalue weighted by Gasteiger charge is -2.50. The van der Waals surface area contributed by atoms with Crippen molar-refractivity contribution in [1.82, 2.24) is 15.2 Å². The summed E-state index contributed by atoms with van der Waals surface area (Å²) >= 11 is 2.34. The second-order valence-corrected chi connectivity index (χ2v) is 12.1. The summed E-state index contributed by atoms with van der Waals surface area (Å²) in [6.07, 6.45) is -0.833. The zero-order valence-electron chi connectivity index (χ0n) is 23.9. The van der Waals surface area contributed by atoms with E-state index in [4.69, 9.17) is 15.3 Å². The van der Waals surface area contributed by atoms with E-state index in [0.29, 0.717) is 11.1 Å². The highest BCUT2D eigenvalue weighted by molar-refractivity contribution is 8.00. The molecule has 3 aromatic carbocycles. The number of nitrogens with two attached hydrogens (primary N) is 1. The summed E-state index contributed by atoms with van der Waals surface area (Å²) in [5.41, 5.74) is 6.13. The second kappa shape index (κ2) is 12.1. The first kappa shape index (κ1) is 30.0. The van der Waals surface area contributed by atoms with Gasteiger partial charge in [-0.3, -0.25) is 24.1 Å². The predicted octanol–water partition coefficient (Wildman–Crippen LogP) is 2.12. The van der Waals surface area contributed by atoms with E-state index in [-0.39, 0.29) is 44.7 Å². The lowest BCUT2D eigenvalue weighted by molar-refractivity contribution is -0.154. The number of thiazole rings is 1. The summed E-state index contributed by atoms with van der Waals surface area (Å²) in [5.74, 6) is -2.07. The monoisotopic (exact) mass is 643 g/mol. The summed E-state index contributed by atoms with van der Waals surface area (Å²) in [5, 5.41) is 7.46. The van der Waals surface area contributed by atoms with Crippen molar-refractivity contribution in [2.24, 2.45) is 5.16 Å². The SMILES string of the molecule is CO/N=C(\C(=O)NC1C(=O)N2C(C(=O)OC(c3ccccc3)c3ccccc3)=C(c3c(C)c(=O)c3=O)CS[C@H]12)c1csc(N)n1. The van der Waals surface area contributed by atoms with Gasteiger partial charge in [0.1, 0.15) is 29.9 Å². The van der Waals surface area contributed by atoms with E-state index < -0.39 is 46.2 Å². The van der Waals surface area contributed by atoms with Gasteiger partial charge in [-0.15, -0.1) is 23.1 Å². The van der Waals surface area contributed by atoms with Crippen LogP contribution in [-0.2, 0) is 24.0 Å². The molecule has 1 fully saturated rings. The van der Waals surface area contributed by atoms with Gasteiger partial charge in [0.15, 0.2) is 16.9 Å². The Kier molecular flexibility index (Phi) is 8.08. The van der Waals surface area contributed by atoms with Crippen molar-refractivity contribution in [2.75, 3.05) is 18.6 Å². The molecule has 1 saturated heterocycles. The second-order valence-electron chi connectivity index (χ2n) is 10.1. The Labute approximate surface area is 264 Å². The number of rotatable bonds is 9. The van der Waals surface area contributed by atoms with Crippen LogP contribution in [0.2, 0.25) is 0 Å². The maximum Gasteiger partial charge on any atom is 0.356 e. The third-order valence-electron chi connectivity index (χ3n) is 7.49. The van der Waals surface area contributed by atoms with Crippen LogP contribution in [-0.4, -0.2) is 57.7 Å². The first-order chi connectivity index (χ1) is 21.7. The molecule has 2 aliphatic heterocycles. The molecule has 0 bridgehead atoms. The molecule has 228 valence electrons. The van der Waals surface area contributed by atoms with Gasteiger partial charge in [0.25, 0.3) is 11.8 Å². The zero-order valence-corrected chi connectivity index (χ0v) is 25.5. The number of amides is 2. The Morgan fingerprint density at radius 1 is 1.04 bits per heavy atom. The van der Waals surface area contributed by atoms with Gasteiger partial charge < -0.3 is 20.6 Å². The molecule has 6 rings (SSSR count). The number of β-lactam (4-membered cyclic amide) rings is 1. The molecule has 0 aliphatic carbocycles. The van der Waals surface area contributed by atoms with Gasteiger partial charge in [-0.2, -0.15) is 0 Å². The van der Waals surface area contributed by atoms with E-state index in [1.54, 1.807) is 0 Å². The number of hydrogen-bond acceptors (Lipinski definition) is 12. The van der Waals surface area contributed by atoms with Gasteiger partial charge in [-0.1, -0.05) is 65.8 Å². The molecule has 3 heterocycles. The van der Waals surface area contributed by atoms with Gasteiger partial charge in [-0.25, -0.2) is 9.78 Å². The third kappa shape index (κ3) is 5.31. The zero-order chi connectivity index (χ0) is 31.8. The van der Waals surface area contributed by atoms with Crippen LogP contribution in [0.3, 0.4) is 0 Å². The summed E-state index contributed by atoms with van der Waals surface area (Å²) in [7, 11) is 1.27. The van der Waals surface area contributed by atoms with Crippen molar-refractivity contribution in [2.45, 2.75) is 24.4 Å². The normalized spacial score (nSPS) is 18.1. The number of ether oxygens (including phenoxy) is 1. The minimum absolute atomic E-state index is 0.102. The molecule has 1 unspecified atom stereocenters. The number of nitrogen functional groups attached to an aromatic ring is 1. The number of esters is 1. The molecule has 14 heteroatoms. The number of fused-ring (bicyclic) bond motifs is 1. The fourth-order valence-electron chi connectivity index (χ4n) is 5.32. The van der Waals surface area contributed by atoms with E-state index in [0.717, 1.165) is 11.3 Å². The molecule has 3 N–H and O–H groups in total. The lowest BCUT2D eigenvalue weighted by atomic mass is 9.92. The molecule has 4 aromatic rings. The van der Waals surface area contributed by atoms with Crippen molar-refractivity contribution < 1.29 is 24.0 Å². The molecule has 2 aliphatic rings. The fraction of sp³-hybridized carbons (Fsp3) is 0.194. The van der Waals surface area contributed by atoms with Gasteiger partial charge >= 0.3 is 5.97 Å². The molecule has 0 spiro atoms. The van der Waals surface area contributed by atoms with Crippen LogP contribution >= 0.6 is 23.1 Å². The van der Waals surface area contributed by atoms with Crippen LogP contribution in [0.5, 0.6) is 0 Å². The van der Waals surface area contributed by atoms with Gasteiger partial charge in [0.05, 0.1) is 0 Å². The lowest BCUT2D eigenvalue weighted by Crippen LogP contribution is -2.71. The Hall–Kier alpha value is -5.08. The number of thioether (sulfide) groups is 1. The Morgan fingerprint density at radius 3 is 2.24 bits per heavy atom. The summed E-state index contributed by atoms with van der Waals surface area (Å²) in [4.78, 5) is 75.9. The largest absolute Gasteiger partial charge is 0.448 e. The summed E-state index contributed by atoms with van der Waals surface area (Å²) in [6, 6.07) is 17.2. The fourth-order valence-corrected chi connectivity index (χ4v) is 7.22. The van der Waals surface area contributed by atoms with Crippen molar-refractivity contribution in [3.63, 3.8) is 0 Å². The molecular weight excluding hydrogens is 619 g/mol. The van der Waals surface area contributed by atoms with Gasteiger partial charge in [-0.05, 0) is 18.1 Å². The highest BCUT2D eigenvalue weighted by Gasteiger charge is 2.55. The van der Waals surface area contributed by atoms with Gasteiger partial charge in [0, 0.05) is 27.8 Å². The molecule has 12 nitrogen and oxygen atoms in total. The number of anilines is 1. The standard InChI is InChI=1S/C31H25N5O7S2/c1-15-20(25(38)24(15)37)18-13-44-29-22(34-27(39)21(35-42-2)19-14-45-31(32)33-19)28(40)36(29)23(18)30(41)43-26(16-9-5-3-6-10-16)17-11-7-4-8-12-17/h3-12,14,22,26,29H,13H2,1-2H3,(H2,32,33)(H,34,39)/b35-21-/t22?,29-/m1/s1. The highest BCUT2D eigenvalue weighted by atomic mass is 32.2. The number of oxime groups is 1. The molecule has 1 aromatic heterocycles. The number of nitrogens with zero attached hydrogens (tertiary/aromatic N) is 3. The molecule has 0 radical (unpaired) electrons. The Balaban J connectivity index is 1.34. The van der Waals surface area contributed by atoms with Crippen LogP contribution in [0.4, 0.5) is 5.13 Å². The van der Waals surface area contributed by atoms with Crippen LogP contribution in [0.25, 0.3) is 5.57 Å². The number of carbonyl (C=O) groups is 3. The summed E-state index contributed by atoms with van der Waals surface area (Å²) < 4.78 is 6.10. The minimum Gasteiger partial charge on any atom is -0.448 e. The number of aromatic nitrogens is 1. The minimum atomic E-state index is -1.04. The van der Waals surface area contributed by atoms with E-state index in [9.17, 15) is 24.0 Å². The number of hydrogen-bond donors (Lipinski definition) is 2. The quantitative estimate of drug-likeness (QED) is 0.0906. The molecule has 45 heavy (non-hydrogen) atoms. The van der Waals surface area contributed by atoms with Crippen molar-refractivity contribution >= 4 is 57.3 Å². The molecule has 0 saturated carbocycles. The average molecular weight is 644 g/mol. The topological polar surface area (TPSA) is 170 Å². The number of nitrogens with one attached hydrogen (secondary N) is 1. The summed E-state index contributed by atoms with van der Waals surface area (Å²) in [6.45, 7) is 1.51. The molecular formula is C31H25N5O7S2. The number of benzene rings is 2. The third-order valence-corrected chi connectivity index (χ3v) is 9.44. The smallest absolute Gasteiger partial charge is 0.356 e.